The highest BCUT2D eigenvalue weighted by molar-refractivity contribution is 6.33. The summed E-state index contributed by atoms with van der Waals surface area (Å²) in [6.07, 6.45) is 1.35. The second-order valence-electron chi connectivity index (χ2n) is 3.48. The number of carbonyl (C=O) groups is 1. The van der Waals surface area contributed by atoms with Gasteiger partial charge < -0.3 is 5.32 Å². The van der Waals surface area contributed by atoms with Crippen molar-refractivity contribution >= 4 is 23.2 Å². The maximum Gasteiger partial charge on any atom is 0.274 e. The van der Waals surface area contributed by atoms with Crippen molar-refractivity contribution in [3.8, 4) is 6.07 Å². The van der Waals surface area contributed by atoms with E-state index in [4.69, 9.17) is 16.9 Å². The molecule has 88 valence electrons. The number of nitrogens with zero attached hydrogens (tertiary/aromatic N) is 2. The zero-order valence-electron chi connectivity index (χ0n) is 9.22. The van der Waals surface area contributed by atoms with Crippen molar-refractivity contribution in [2.24, 2.45) is 0 Å². The Morgan fingerprint density at radius 2 is 2.06 bits per heavy atom. The van der Waals surface area contributed by atoms with Crippen molar-refractivity contribution in [1.29, 1.82) is 5.26 Å². The minimum absolute atomic E-state index is 0.230. The smallest absolute Gasteiger partial charge is 0.274 e. The highest BCUT2D eigenvalue weighted by Gasteiger charge is 2.09. The fourth-order valence-electron chi connectivity index (χ4n) is 1.34. The van der Waals surface area contributed by atoms with Crippen molar-refractivity contribution in [3.05, 3.63) is 58.9 Å². The van der Waals surface area contributed by atoms with Crippen LogP contribution in [0.15, 0.2) is 42.6 Å². The number of amides is 1. The molecule has 0 aliphatic heterocycles. The van der Waals surface area contributed by atoms with Gasteiger partial charge in [0.2, 0.25) is 0 Å². The number of halogens is 1. The molecule has 1 aromatic carbocycles. The van der Waals surface area contributed by atoms with E-state index in [1.54, 1.807) is 24.3 Å². The standard InChI is InChI=1S/C13H8ClN3O/c14-10-3-1-2-4-11(10)17-13(18)12-6-5-9(7-15)8-16-12/h1-6,8H,(H,17,18). The third kappa shape index (κ3) is 2.65. The maximum absolute atomic E-state index is 11.9. The molecule has 0 spiro atoms. The Morgan fingerprint density at radius 3 is 2.67 bits per heavy atom. The first-order valence-electron chi connectivity index (χ1n) is 5.13. The lowest BCUT2D eigenvalue weighted by molar-refractivity contribution is 0.102. The summed E-state index contributed by atoms with van der Waals surface area (Å²) in [6.45, 7) is 0. The molecule has 0 atom stereocenters. The number of anilines is 1. The number of nitrogens with one attached hydrogen (secondary N) is 1. The number of nitriles is 1. The van der Waals surface area contributed by atoms with E-state index < -0.39 is 0 Å². The van der Waals surface area contributed by atoms with E-state index in [0.717, 1.165) is 0 Å². The molecular weight excluding hydrogens is 250 g/mol. The van der Waals surface area contributed by atoms with Crippen LogP contribution in [0.5, 0.6) is 0 Å². The summed E-state index contributed by atoms with van der Waals surface area (Å²) < 4.78 is 0. The molecule has 1 aromatic heterocycles. The van der Waals surface area contributed by atoms with E-state index in [1.807, 2.05) is 6.07 Å². The zero-order valence-corrected chi connectivity index (χ0v) is 9.98. The van der Waals surface area contributed by atoms with E-state index in [2.05, 4.69) is 10.3 Å². The topological polar surface area (TPSA) is 65.8 Å². The minimum Gasteiger partial charge on any atom is -0.319 e. The van der Waals surface area contributed by atoms with Crippen LogP contribution in [0, 0.1) is 11.3 Å². The Morgan fingerprint density at radius 1 is 1.28 bits per heavy atom. The van der Waals surface area contributed by atoms with E-state index in [9.17, 15) is 4.79 Å². The molecule has 2 rings (SSSR count). The quantitative estimate of drug-likeness (QED) is 0.900. The van der Waals surface area contributed by atoms with Gasteiger partial charge in [-0.1, -0.05) is 23.7 Å². The van der Waals surface area contributed by atoms with Gasteiger partial charge in [0, 0.05) is 6.20 Å². The predicted molar refractivity (Wildman–Crippen MR) is 68.4 cm³/mol. The van der Waals surface area contributed by atoms with Crippen LogP contribution in [0.1, 0.15) is 16.1 Å². The summed E-state index contributed by atoms with van der Waals surface area (Å²) in [5.41, 5.74) is 1.16. The number of hydrogen-bond donors (Lipinski definition) is 1. The molecule has 0 aliphatic carbocycles. The molecule has 1 heterocycles. The zero-order chi connectivity index (χ0) is 13.0. The van der Waals surface area contributed by atoms with Crippen molar-refractivity contribution in [3.63, 3.8) is 0 Å². The Hall–Kier alpha value is -2.38. The lowest BCUT2D eigenvalue weighted by Gasteiger charge is -2.06. The molecular formula is C13H8ClN3O. The minimum atomic E-state index is -0.368. The molecule has 2 aromatic rings. The molecule has 0 saturated heterocycles. The number of rotatable bonds is 2. The van der Waals surface area contributed by atoms with Crippen LogP contribution < -0.4 is 5.32 Å². The second kappa shape index (κ2) is 5.30. The van der Waals surface area contributed by atoms with Gasteiger partial charge in [0.15, 0.2) is 0 Å². The fraction of sp³-hybridized carbons (Fsp3) is 0. The van der Waals surface area contributed by atoms with Gasteiger partial charge in [-0.15, -0.1) is 0 Å². The first-order chi connectivity index (χ1) is 8.70. The predicted octanol–water partition coefficient (Wildman–Crippen LogP) is 2.86. The number of pyridine rings is 1. The molecule has 0 fully saturated rings. The number of aromatic nitrogens is 1. The molecule has 1 amide bonds. The van der Waals surface area contributed by atoms with Crippen LogP contribution in [-0.2, 0) is 0 Å². The molecule has 0 radical (unpaired) electrons. The molecule has 0 unspecified atom stereocenters. The first-order valence-corrected chi connectivity index (χ1v) is 5.50. The SMILES string of the molecule is N#Cc1ccc(C(=O)Nc2ccccc2Cl)nc1. The van der Waals surface area contributed by atoms with Crippen LogP contribution in [-0.4, -0.2) is 10.9 Å². The summed E-state index contributed by atoms with van der Waals surface area (Å²) >= 11 is 5.93. The summed E-state index contributed by atoms with van der Waals surface area (Å²) in [7, 11) is 0. The van der Waals surface area contributed by atoms with Gasteiger partial charge in [0.25, 0.3) is 5.91 Å². The second-order valence-corrected chi connectivity index (χ2v) is 3.89. The highest BCUT2D eigenvalue weighted by Crippen LogP contribution is 2.20. The van der Waals surface area contributed by atoms with E-state index in [1.165, 1.54) is 18.3 Å². The van der Waals surface area contributed by atoms with Gasteiger partial charge in [0.1, 0.15) is 11.8 Å². The lowest BCUT2D eigenvalue weighted by Crippen LogP contribution is -2.13. The number of carbonyl (C=O) groups excluding carboxylic acids is 1. The number of benzene rings is 1. The van der Waals surface area contributed by atoms with Crippen molar-refractivity contribution in [2.75, 3.05) is 5.32 Å². The molecule has 0 saturated carbocycles. The van der Waals surface area contributed by atoms with Crippen LogP contribution in [0.3, 0.4) is 0 Å². The van der Waals surface area contributed by atoms with E-state index in [-0.39, 0.29) is 11.6 Å². The van der Waals surface area contributed by atoms with Crippen LogP contribution in [0.2, 0.25) is 5.02 Å². The normalized spacial score (nSPS) is 9.56. The van der Waals surface area contributed by atoms with E-state index >= 15 is 0 Å². The summed E-state index contributed by atoms with van der Waals surface area (Å²) in [5.74, 6) is -0.368. The van der Waals surface area contributed by atoms with Crippen molar-refractivity contribution in [1.82, 2.24) is 4.98 Å². The lowest BCUT2D eigenvalue weighted by atomic mass is 10.2. The summed E-state index contributed by atoms with van der Waals surface area (Å²) in [5, 5.41) is 11.7. The van der Waals surface area contributed by atoms with Gasteiger partial charge in [-0.25, -0.2) is 4.98 Å². The molecule has 1 N–H and O–H groups in total. The van der Waals surface area contributed by atoms with E-state index in [0.29, 0.717) is 16.3 Å². The number of para-hydroxylation sites is 1. The molecule has 5 heteroatoms. The molecule has 18 heavy (non-hydrogen) atoms. The van der Waals surface area contributed by atoms with Gasteiger partial charge in [0.05, 0.1) is 16.3 Å². The molecule has 0 bridgehead atoms. The van der Waals surface area contributed by atoms with Crippen LogP contribution in [0.25, 0.3) is 0 Å². The van der Waals surface area contributed by atoms with Gasteiger partial charge >= 0.3 is 0 Å². The Bertz CT molecular complexity index is 617. The van der Waals surface area contributed by atoms with Gasteiger partial charge in [-0.2, -0.15) is 5.26 Å². The Kier molecular flexibility index (Phi) is 3.56. The third-order valence-electron chi connectivity index (χ3n) is 2.25. The van der Waals surface area contributed by atoms with Crippen LogP contribution >= 0.6 is 11.6 Å². The van der Waals surface area contributed by atoms with Gasteiger partial charge in [-0.3, -0.25) is 4.79 Å². The monoisotopic (exact) mass is 257 g/mol. The van der Waals surface area contributed by atoms with Crippen molar-refractivity contribution in [2.45, 2.75) is 0 Å². The fourth-order valence-corrected chi connectivity index (χ4v) is 1.53. The summed E-state index contributed by atoms with van der Waals surface area (Å²) in [6, 6.07) is 11.9. The summed E-state index contributed by atoms with van der Waals surface area (Å²) in [4.78, 5) is 15.7. The Labute approximate surface area is 109 Å². The molecule has 0 aliphatic rings. The molecule has 4 nitrogen and oxygen atoms in total. The number of hydrogen-bond acceptors (Lipinski definition) is 3. The van der Waals surface area contributed by atoms with Crippen LogP contribution in [0.4, 0.5) is 5.69 Å². The maximum atomic E-state index is 11.9. The largest absolute Gasteiger partial charge is 0.319 e. The van der Waals surface area contributed by atoms with Gasteiger partial charge in [-0.05, 0) is 24.3 Å². The average Bonchev–Trinajstić information content (AvgIpc) is 2.41. The highest BCUT2D eigenvalue weighted by atomic mass is 35.5. The Balaban J connectivity index is 2.17. The average molecular weight is 258 g/mol. The first kappa shape index (κ1) is 12.1. The third-order valence-corrected chi connectivity index (χ3v) is 2.58. The van der Waals surface area contributed by atoms with Crippen molar-refractivity contribution < 1.29 is 4.79 Å².